The SMILES string of the molecule is CN(C)CCCN(C)c1nc(C(C)(C)C)c(C=O)s1. The summed E-state index contributed by atoms with van der Waals surface area (Å²) >= 11 is 1.49. The highest BCUT2D eigenvalue weighted by Crippen LogP contribution is 2.32. The third kappa shape index (κ3) is 4.58. The van der Waals surface area contributed by atoms with Gasteiger partial charge in [-0.3, -0.25) is 4.79 Å². The Labute approximate surface area is 120 Å². The molecule has 0 N–H and O–H groups in total. The third-order valence-electron chi connectivity index (χ3n) is 2.88. The van der Waals surface area contributed by atoms with E-state index < -0.39 is 0 Å². The van der Waals surface area contributed by atoms with Gasteiger partial charge in [0.1, 0.15) is 0 Å². The molecule has 0 unspecified atom stereocenters. The van der Waals surface area contributed by atoms with Gasteiger partial charge in [0.05, 0.1) is 10.6 Å². The maximum absolute atomic E-state index is 11.2. The zero-order chi connectivity index (χ0) is 14.6. The Balaban J connectivity index is 2.78. The molecule has 1 rings (SSSR count). The Morgan fingerprint density at radius 2 is 1.84 bits per heavy atom. The Kier molecular flexibility index (Phi) is 5.50. The van der Waals surface area contributed by atoms with Gasteiger partial charge in [-0.2, -0.15) is 0 Å². The molecule has 0 saturated heterocycles. The van der Waals surface area contributed by atoms with Crippen molar-refractivity contribution in [3.05, 3.63) is 10.6 Å². The molecule has 0 atom stereocenters. The number of rotatable bonds is 6. The first-order chi connectivity index (χ1) is 8.75. The predicted molar refractivity (Wildman–Crippen MR) is 82.6 cm³/mol. The van der Waals surface area contributed by atoms with Crippen LogP contribution in [0.15, 0.2) is 0 Å². The molecule has 0 amide bonds. The standard InChI is InChI=1S/C14H25N3OS/c1-14(2,3)12-11(10-18)19-13(15-12)17(6)9-7-8-16(4)5/h10H,7-9H2,1-6H3. The van der Waals surface area contributed by atoms with Crippen molar-refractivity contribution in [3.8, 4) is 0 Å². The fourth-order valence-corrected chi connectivity index (χ4v) is 2.90. The first-order valence-corrected chi connectivity index (χ1v) is 7.39. The van der Waals surface area contributed by atoms with E-state index in [0.29, 0.717) is 0 Å². The van der Waals surface area contributed by atoms with Crippen molar-refractivity contribution < 1.29 is 4.79 Å². The summed E-state index contributed by atoms with van der Waals surface area (Å²) in [5.74, 6) is 0. The molecule has 0 saturated carbocycles. The van der Waals surface area contributed by atoms with Gasteiger partial charge >= 0.3 is 0 Å². The van der Waals surface area contributed by atoms with E-state index in [2.05, 4.69) is 49.7 Å². The van der Waals surface area contributed by atoms with E-state index >= 15 is 0 Å². The topological polar surface area (TPSA) is 36.4 Å². The fraction of sp³-hybridized carbons (Fsp3) is 0.714. The molecule has 0 spiro atoms. The lowest BCUT2D eigenvalue weighted by molar-refractivity contribution is 0.112. The van der Waals surface area contributed by atoms with Gasteiger partial charge < -0.3 is 9.80 Å². The van der Waals surface area contributed by atoms with Crippen molar-refractivity contribution in [1.29, 1.82) is 0 Å². The Morgan fingerprint density at radius 1 is 1.21 bits per heavy atom. The second-order valence-electron chi connectivity index (χ2n) is 6.16. The molecule has 19 heavy (non-hydrogen) atoms. The fourth-order valence-electron chi connectivity index (χ4n) is 1.82. The summed E-state index contributed by atoms with van der Waals surface area (Å²) in [5, 5.41) is 0.936. The van der Waals surface area contributed by atoms with Crippen LogP contribution < -0.4 is 4.90 Å². The van der Waals surface area contributed by atoms with Crippen molar-refractivity contribution in [1.82, 2.24) is 9.88 Å². The highest BCUT2D eigenvalue weighted by atomic mass is 32.1. The van der Waals surface area contributed by atoms with E-state index in [1.807, 2.05) is 7.05 Å². The van der Waals surface area contributed by atoms with Gasteiger partial charge in [0.25, 0.3) is 0 Å². The number of carbonyl (C=O) groups excluding carboxylic acids is 1. The summed E-state index contributed by atoms with van der Waals surface area (Å²) in [6, 6.07) is 0. The monoisotopic (exact) mass is 283 g/mol. The summed E-state index contributed by atoms with van der Waals surface area (Å²) in [4.78, 5) is 20.9. The van der Waals surface area contributed by atoms with Crippen LogP contribution >= 0.6 is 11.3 Å². The summed E-state index contributed by atoms with van der Waals surface area (Å²) in [7, 11) is 6.19. The number of thiazole rings is 1. The van der Waals surface area contributed by atoms with Gasteiger partial charge in [-0.1, -0.05) is 32.1 Å². The molecule has 5 heteroatoms. The maximum atomic E-state index is 11.2. The summed E-state index contributed by atoms with van der Waals surface area (Å²) < 4.78 is 0. The molecular formula is C14H25N3OS. The number of nitrogens with zero attached hydrogens (tertiary/aromatic N) is 3. The molecule has 0 bridgehead atoms. The summed E-state index contributed by atoms with van der Waals surface area (Å²) in [6.45, 7) is 8.27. The number of aldehydes is 1. The number of carbonyl (C=O) groups is 1. The average molecular weight is 283 g/mol. The second kappa shape index (κ2) is 6.48. The molecule has 0 aliphatic rings. The zero-order valence-corrected chi connectivity index (χ0v) is 13.7. The van der Waals surface area contributed by atoms with Crippen molar-refractivity contribution in [3.63, 3.8) is 0 Å². The smallest absolute Gasteiger partial charge is 0.185 e. The van der Waals surface area contributed by atoms with Gasteiger partial charge in [0.15, 0.2) is 11.4 Å². The largest absolute Gasteiger partial charge is 0.351 e. The van der Waals surface area contributed by atoms with Gasteiger partial charge in [-0.05, 0) is 27.1 Å². The minimum absolute atomic E-state index is 0.0878. The lowest BCUT2D eigenvalue weighted by atomic mass is 9.91. The van der Waals surface area contributed by atoms with E-state index in [-0.39, 0.29) is 5.41 Å². The van der Waals surface area contributed by atoms with Crippen LogP contribution in [0.2, 0.25) is 0 Å². The molecule has 0 fully saturated rings. The molecule has 1 heterocycles. The number of aromatic nitrogens is 1. The molecule has 4 nitrogen and oxygen atoms in total. The maximum Gasteiger partial charge on any atom is 0.185 e. The van der Waals surface area contributed by atoms with E-state index in [0.717, 1.165) is 41.5 Å². The Bertz CT molecular complexity index is 421. The van der Waals surface area contributed by atoms with Gasteiger partial charge in [-0.15, -0.1) is 0 Å². The Hall–Kier alpha value is -0.940. The predicted octanol–water partition coefficient (Wildman–Crippen LogP) is 2.64. The molecule has 0 aliphatic carbocycles. The van der Waals surface area contributed by atoms with Crippen LogP contribution in [0.5, 0.6) is 0 Å². The molecular weight excluding hydrogens is 258 g/mol. The molecule has 0 aromatic carbocycles. The molecule has 108 valence electrons. The van der Waals surface area contributed by atoms with E-state index in [4.69, 9.17) is 0 Å². The van der Waals surface area contributed by atoms with Crippen LogP contribution in [0.25, 0.3) is 0 Å². The zero-order valence-electron chi connectivity index (χ0n) is 12.9. The second-order valence-corrected chi connectivity index (χ2v) is 7.16. The number of anilines is 1. The van der Waals surface area contributed by atoms with Crippen molar-refractivity contribution in [2.45, 2.75) is 32.6 Å². The van der Waals surface area contributed by atoms with Gasteiger partial charge in [0.2, 0.25) is 0 Å². The number of hydrogen-bond donors (Lipinski definition) is 0. The van der Waals surface area contributed by atoms with Crippen LogP contribution in [-0.4, -0.2) is 50.4 Å². The minimum atomic E-state index is -0.0878. The van der Waals surface area contributed by atoms with E-state index in [1.165, 1.54) is 11.3 Å². The van der Waals surface area contributed by atoms with Crippen LogP contribution in [-0.2, 0) is 5.41 Å². The molecule has 0 aliphatic heterocycles. The Morgan fingerprint density at radius 3 is 2.26 bits per heavy atom. The van der Waals surface area contributed by atoms with Crippen LogP contribution in [0.4, 0.5) is 5.13 Å². The lowest BCUT2D eigenvalue weighted by Gasteiger charge is -2.18. The van der Waals surface area contributed by atoms with Crippen molar-refractivity contribution in [2.75, 3.05) is 39.1 Å². The number of hydrogen-bond acceptors (Lipinski definition) is 5. The molecule has 0 radical (unpaired) electrons. The summed E-state index contributed by atoms with van der Waals surface area (Å²) in [6.07, 6.45) is 2.01. The van der Waals surface area contributed by atoms with E-state index in [1.54, 1.807) is 0 Å². The highest BCUT2D eigenvalue weighted by molar-refractivity contribution is 7.17. The molecule has 1 aromatic heterocycles. The van der Waals surface area contributed by atoms with Crippen LogP contribution in [0.3, 0.4) is 0 Å². The van der Waals surface area contributed by atoms with Crippen molar-refractivity contribution in [2.24, 2.45) is 0 Å². The van der Waals surface area contributed by atoms with Gasteiger partial charge in [0, 0.05) is 19.0 Å². The van der Waals surface area contributed by atoms with Crippen LogP contribution in [0, 0.1) is 0 Å². The lowest BCUT2D eigenvalue weighted by Crippen LogP contribution is -2.23. The molecule has 1 aromatic rings. The summed E-state index contributed by atoms with van der Waals surface area (Å²) in [5.41, 5.74) is 0.817. The van der Waals surface area contributed by atoms with Crippen LogP contribution in [0.1, 0.15) is 42.6 Å². The third-order valence-corrected chi connectivity index (χ3v) is 3.98. The quantitative estimate of drug-likeness (QED) is 0.752. The normalized spacial score (nSPS) is 11.9. The van der Waals surface area contributed by atoms with E-state index in [9.17, 15) is 4.79 Å². The minimum Gasteiger partial charge on any atom is -0.351 e. The highest BCUT2D eigenvalue weighted by Gasteiger charge is 2.24. The van der Waals surface area contributed by atoms with Crippen molar-refractivity contribution >= 4 is 22.8 Å². The van der Waals surface area contributed by atoms with Gasteiger partial charge in [-0.25, -0.2) is 4.98 Å². The first-order valence-electron chi connectivity index (χ1n) is 6.58. The average Bonchev–Trinajstić information content (AvgIpc) is 2.71. The first kappa shape index (κ1) is 16.1.